The quantitative estimate of drug-likeness (QED) is 0.575. The number of rotatable bonds is 2. The van der Waals surface area contributed by atoms with Gasteiger partial charge in [-0.1, -0.05) is 13.8 Å². The van der Waals surface area contributed by atoms with E-state index in [1.54, 1.807) is 0 Å². The van der Waals surface area contributed by atoms with E-state index in [2.05, 4.69) is 13.8 Å². The third-order valence-electron chi connectivity index (χ3n) is 2.65. The van der Waals surface area contributed by atoms with E-state index in [0.717, 1.165) is 25.7 Å². The maximum atomic E-state index is 11.4. The topological polar surface area (TPSA) is 17.1 Å². The van der Waals surface area contributed by atoms with Gasteiger partial charge < -0.3 is 0 Å². The van der Waals surface area contributed by atoms with Crippen LogP contribution in [0.25, 0.3) is 0 Å². The number of carbonyl (C=O) groups is 1. The molecular formula is C9H16O. The Balaban J connectivity index is 2.49. The van der Waals surface area contributed by atoms with Crippen molar-refractivity contribution in [1.29, 1.82) is 0 Å². The van der Waals surface area contributed by atoms with E-state index in [1.807, 2.05) is 0 Å². The van der Waals surface area contributed by atoms with Crippen LogP contribution < -0.4 is 0 Å². The summed E-state index contributed by atoms with van der Waals surface area (Å²) in [5.74, 6) is 1.35. The Morgan fingerprint density at radius 1 is 1.20 bits per heavy atom. The average Bonchev–Trinajstić information content (AvgIpc) is 2.30. The van der Waals surface area contributed by atoms with E-state index in [4.69, 9.17) is 0 Å². The summed E-state index contributed by atoms with van der Waals surface area (Å²) in [5.41, 5.74) is 0. The minimum absolute atomic E-state index is 0.407. The lowest BCUT2D eigenvalue weighted by molar-refractivity contribution is -0.124. The first-order valence-corrected chi connectivity index (χ1v) is 4.33. The number of carbonyl (C=O) groups excluding carboxylic acids is 1. The van der Waals surface area contributed by atoms with Crippen molar-refractivity contribution in [2.75, 3.05) is 0 Å². The van der Waals surface area contributed by atoms with E-state index >= 15 is 0 Å². The molecule has 0 aromatic carbocycles. The molecule has 0 saturated heterocycles. The number of ketones is 1. The maximum absolute atomic E-state index is 11.4. The Labute approximate surface area is 62.8 Å². The van der Waals surface area contributed by atoms with Crippen LogP contribution in [0.15, 0.2) is 0 Å². The molecule has 1 aliphatic carbocycles. The van der Waals surface area contributed by atoms with Crippen molar-refractivity contribution >= 4 is 5.78 Å². The summed E-state index contributed by atoms with van der Waals surface area (Å²) in [4.78, 5) is 11.4. The molecule has 0 aliphatic heterocycles. The molecule has 0 radical (unpaired) electrons. The van der Waals surface area contributed by atoms with Crippen molar-refractivity contribution in [2.24, 2.45) is 11.8 Å². The lowest BCUT2D eigenvalue weighted by Crippen LogP contribution is -2.12. The minimum Gasteiger partial charge on any atom is -0.299 e. The second kappa shape index (κ2) is 3.18. The first kappa shape index (κ1) is 7.77. The van der Waals surface area contributed by atoms with Gasteiger partial charge in [-0.2, -0.15) is 0 Å². The van der Waals surface area contributed by atoms with Crippen LogP contribution in [0.5, 0.6) is 0 Å². The smallest absolute Gasteiger partial charge is 0.139 e. The summed E-state index contributed by atoms with van der Waals surface area (Å²) >= 11 is 0. The third-order valence-corrected chi connectivity index (χ3v) is 2.65. The van der Waals surface area contributed by atoms with Crippen LogP contribution in [0.2, 0.25) is 0 Å². The number of hydrogen-bond acceptors (Lipinski definition) is 1. The maximum Gasteiger partial charge on any atom is 0.139 e. The van der Waals surface area contributed by atoms with E-state index < -0.39 is 0 Å². The molecule has 1 heteroatoms. The van der Waals surface area contributed by atoms with Crippen LogP contribution >= 0.6 is 0 Å². The fourth-order valence-electron chi connectivity index (χ4n) is 1.83. The Kier molecular flexibility index (Phi) is 2.47. The summed E-state index contributed by atoms with van der Waals surface area (Å²) in [6.07, 6.45) is 4.40. The molecule has 1 nitrogen and oxygen atoms in total. The second-order valence-electron chi connectivity index (χ2n) is 3.19. The molecule has 10 heavy (non-hydrogen) atoms. The van der Waals surface area contributed by atoms with Gasteiger partial charge in [-0.05, 0) is 25.7 Å². The Bertz CT molecular complexity index is 115. The van der Waals surface area contributed by atoms with Gasteiger partial charge in [-0.15, -0.1) is 0 Å². The summed E-state index contributed by atoms with van der Waals surface area (Å²) in [6.45, 7) is 4.22. The summed E-state index contributed by atoms with van der Waals surface area (Å²) in [7, 11) is 0. The Morgan fingerprint density at radius 2 is 1.60 bits per heavy atom. The monoisotopic (exact) mass is 140 g/mol. The van der Waals surface area contributed by atoms with Crippen molar-refractivity contribution in [3.8, 4) is 0 Å². The van der Waals surface area contributed by atoms with E-state index in [9.17, 15) is 4.79 Å². The number of hydrogen-bond donors (Lipinski definition) is 0. The van der Waals surface area contributed by atoms with Crippen molar-refractivity contribution < 1.29 is 4.79 Å². The first-order valence-electron chi connectivity index (χ1n) is 4.33. The highest BCUT2D eigenvalue weighted by molar-refractivity contribution is 5.85. The van der Waals surface area contributed by atoms with Gasteiger partial charge in [0.05, 0.1) is 0 Å². The molecule has 1 fully saturated rings. The van der Waals surface area contributed by atoms with Crippen molar-refractivity contribution in [1.82, 2.24) is 0 Å². The van der Waals surface area contributed by atoms with Crippen LogP contribution in [-0.4, -0.2) is 5.78 Å². The van der Waals surface area contributed by atoms with E-state index in [0.29, 0.717) is 17.6 Å². The van der Waals surface area contributed by atoms with Crippen molar-refractivity contribution in [3.63, 3.8) is 0 Å². The highest BCUT2D eigenvalue weighted by Gasteiger charge is 2.30. The van der Waals surface area contributed by atoms with Gasteiger partial charge in [0.1, 0.15) is 5.78 Å². The molecule has 0 bridgehead atoms. The highest BCUT2D eigenvalue weighted by atomic mass is 16.1. The fourth-order valence-corrected chi connectivity index (χ4v) is 1.83. The van der Waals surface area contributed by atoms with Crippen LogP contribution in [-0.2, 0) is 4.79 Å². The molecule has 1 aliphatic rings. The molecular weight excluding hydrogens is 124 g/mol. The standard InChI is InChI=1S/C9H16O/c1-3-7-5-6-8(4-2)9(7)10/h7-8H,3-6H2,1-2H3. The fraction of sp³-hybridized carbons (Fsp3) is 0.889. The Hall–Kier alpha value is -0.330. The largest absolute Gasteiger partial charge is 0.299 e. The zero-order valence-electron chi connectivity index (χ0n) is 6.89. The van der Waals surface area contributed by atoms with Gasteiger partial charge in [0.25, 0.3) is 0 Å². The second-order valence-corrected chi connectivity index (χ2v) is 3.19. The van der Waals surface area contributed by atoms with Crippen LogP contribution in [0.3, 0.4) is 0 Å². The number of Topliss-reactive ketones (excluding diaryl/α,β-unsaturated/α-hetero) is 1. The Morgan fingerprint density at radius 3 is 1.80 bits per heavy atom. The van der Waals surface area contributed by atoms with Gasteiger partial charge in [0.2, 0.25) is 0 Å². The minimum atomic E-state index is 0.407. The van der Waals surface area contributed by atoms with Crippen molar-refractivity contribution in [3.05, 3.63) is 0 Å². The molecule has 0 aromatic heterocycles. The van der Waals surface area contributed by atoms with Crippen LogP contribution in [0, 0.1) is 11.8 Å². The highest BCUT2D eigenvalue weighted by Crippen LogP contribution is 2.30. The third kappa shape index (κ3) is 1.23. The predicted molar refractivity (Wildman–Crippen MR) is 41.8 cm³/mol. The molecule has 1 saturated carbocycles. The van der Waals surface area contributed by atoms with E-state index in [1.165, 1.54) is 0 Å². The van der Waals surface area contributed by atoms with Gasteiger partial charge in [-0.3, -0.25) is 4.79 Å². The molecule has 58 valence electrons. The molecule has 0 amide bonds. The lowest BCUT2D eigenvalue weighted by atomic mass is 9.99. The predicted octanol–water partition coefficient (Wildman–Crippen LogP) is 2.40. The van der Waals surface area contributed by atoms with E-state index in [-0.39, 0.29) is 0 Å². The molecule has 0 spiro atoms. The van der Waals surface area contributed by atoms with Gasteiger partial charge in [0.15, 0.2) is 0 Å². The SMILES string of the molecule is CCC1CCC(CC)C1=O. The summed E-state index contributed by atoms with van der Waals surface area (Å²) < 4.78 is 0. The summed E-state index contributed by atoms with van der Waals surface area (Å²) in [6, 6.07) is 0. The van der Waals surface area contributed by atoms with Crippen molar-refractivity contribution in [2.45, 2.75) is 39.5 Å². The van der Waals surface area contributed by atoms with Gasteiger partial charge >= 0.3 is 0 Å². The van der Waals surface area contributed by atoms with Gasteiger partial charge in [0, 0.05) is 11.8 Å². The molecule has 0 aromatic rings. The van der Waals surface area contributed by atoms with Gasteiger partial charge in [-0.25, -0.2) is 0 Å². The molecule has 1 rings (SSSR count). The average molecular weight is 140 g/mol. The lowest BCUT2D eigenvalue weighted by Gasteiger charge is -2.04. The molecule has 0 heterocycles. The zero-order valence-corrected chi connectivity index (χ0v) is 6.89. The van der Waals surface area contributed by atoms with Crippen LogP contribution in [0.4, 0.5) is 0 Å². The summed E-state index contributed by atoms with van der Waals surface area (Å²) in [5, 5.41) is 0. The molecule has 0 N–H and O–H groups in total. The zero-order chi connectivity index (χ0) is 7.56. The molecule has 2 unspecified atom stereocenters. The molecule has 2 atom stereocenters. The first-order chi connectivity index (χ1) is 4.79. The van der Waals surface area contributed by atoms with Crippen LogP contribution in [0.1, 0.15) is 39.5 Å². The normalized spacial score (nSPS) is 33.2.